The minimum absolute atomic E-state index is 0.727. The largest absolute Gasteiger partial charge is 0.146 e. The van der Waals surface area contributed by atoms with Crippen LogP contribution in [0, 0.1) is 11.5 Å². The first kappa shape index (κ1) is 17.5. The van der Waals surface area contributed by atoms with Crippen molar-refractivity contribution in [2.24, 2.45) is 0 Å². The van der Waals surface area contributed by atoms with E-state index in [1.54, 1.807) is 0 Å². The second-order valence-corrected chi connectivity index (χ2v) is 11.7. The van der Waals surface area contributed by atoms with Crippen molar-refractivity contribution in [1.82, 2.24) is 0 Å². The molecule has 0 saturated heterocycles. The summed E-state index contributed by atoms with van der Waals surface area (Å²) in [6.45, 7) is 18.6. The molecule has 0 rings (SSSR count). The maximum absolute atomic E-state index is 3.79. The molecule has 0 aliphatic heterocycles. The van der Waals surface area contributed by atoms with Crippen LogP contribution < -0.4 is 0 Å². The lowest BCUT2D eigenvalue weighted by Crippen LogP contribution is -2.43. The molecule has 0 bridgehead atoms. The number of allylic oxidation sites excluding steroid dienone is 2. The van der Waals surface area contributed by atoms with Crippen LogP contribution in [-0.4, -0.2) is 8.07 Å². The van der Waals surface area contributed by atoms with E-state index >= 15 is 0 Å². The summed E-state index contributed by atoms with van der Waals surface area (Å²) < 4.78 is 0. The predicted octanol–water partition coefficient (Wildman–Crippen LogP) is 5.95. The summed E-state index contributed by atoms with van der Waals surface area (Å²) in [4.78, 5) is 0. The molecule has 0 nitrogen and oxygen atoms in total. The van der Waals surface area contributed by atoms with Gasteiger partial charge in [0.15, 0.2) is 0 Å². The van der Waals surface area contributed by atoms with Crippen molar-refractivity contribution in [1.29, 1.82) is 0 Å². The first-order valence-electron chi connectivity index (χ1n) is 7.54. The van der Waals surface area contributed by atoms with Gasteiger partial charge in [-0.05, 0) is 35.0 Å². The summed E-state index contributed by atoms with van der Waals surface area (Å²) in [7, 11) is -1.54. The van der Waals surface area contributed by atoms with Gasteiger partial charge in [0.25, 0.3) is 0 Å². The summed E-state index contributed by atoms with van der Waals surface area (Å²) in [6.07, 6.45) is 4.45. The SMILES string of the molecule is CC/C=C(/C#C[Si](C(C)C)(C(C)C)C(C)C)CC. The molecule has 0 fully saturated rings. The molecule has 0 unspecified atom stereocenters. The number of hydrogen-bond donors (Lipinski definition) is 0. The fourth-order valence-electron chi connectivity index (χ4n) is 3.15. The monoisotopic (exact) mass is 264 g/mol. The van der Waals surface area contributed by atoms with Gasteiger partial charge >= 0.3 is 0 Å². The molecule has 0 aliphatic rings. The number of hydrogen-bond acceptors (Lipinski definition) is 0. The van der Waals surface area contributed by atoms with Gasteiger partial charge in [0.05, 0.1) is 0 Å². The van der Waals surface area contributed by atoms with Crippen molar-refractivity contribution >= 4 is 8.07 Å². The van der Waals surface area contributed by atoms with Gasteiger partial charge in [-0.3, -0.25) is 0 Å². The molecule has 0 aliphatic carbocycles. The Morgan fingerprint density at radius 3 is 1.67 bits per heavy atom. The van der Waals surface area contributed by atoms with E-state index in [0.29, 0.717) is 0 Å². The number of rotatable bonds is 5. The minimum Gasteiger partial charge on any atom is -0.125 e. The quantitative estimate of drug-likeness (QED) is 0.425. The van der Waals surface area contributed by atoms with Crippen molar-refractivity contribution in [3.8, 4) is 11.5 Å². The molecule has 0 aromatic rings. The third-order valence-electron chi connectivity index (χ3n) is 4.14. The van der Waals surface area contributed by atoms with Gasteiger partial charge in [-0.25, -0.2) is 0 Å². The van der Waals surface area contributed by atoms with Crippen LogP contribution in [0.3, 0.4) is 0 Å². The highest BCUT2D eigenvalue weighted by atomic mass is 28.3. The van der Waals surface area contributed by atoms with Crippen LogP contribution >= 0.6 is 0 Å². The van der Waals surface area contributed by atoms with Gasteiger partial charge < -0.3 is 0 Å². The van der Waals surface area contributed by atoms with Crippen LogP contribution in [-0.2, 0) is 0 Å². The van der Waals surface area contributed by atoms with Gasteiger partial charge in [-0.2, -0.15) is 0 Å². The van der Waals surface area contributed by atoms with E-state index in [1.165, 1.54) is 5.57 Å². The van der Waals surface area contributed by atoms with Crippen molar-refractivity contribution in [2.45, 2.75) is 84.9 Å². The maximum atomic E-state index is 3.79. The standard InChI is InChI=1S/C17H32Si/c1-9-11-17(10-2)12-13-18(14(3)4,15(5)6)16(7)8/h11,14-16H,9-10H2,1-8H3/b17-11+. The highest BCUT2D eigenvalue weighted by Gasteiger charge is 2.41. The molecule has 0 N–H and O–H groups in total. The lowest BCUT2D eigenvalue weighted by atomic mass is 10.2. The van der Waals surface area contributed by atoms with Crippen molar-refractivity contribution < 1.29 is 0 Å². The van der Waals surface area contributed by atoms with E-state index in [-0.39, 0.29) is 0 Å². The molecular weight excluding hydrogens is 232 g/mol. The van der Waals surface area contributed by atoms with Crippen LogP contribution in [0.25, 0.3) is 0 Å². The molecule has 0 heterocycles. The zero-order valence-corrected chi connectivity index (χ0v) is 14.7. The second kappa shape index (κ2) is 7.84. The van der Waals surface area contributed by atoms with Gasteiger partial charge in [0, 0.05) is 0 Å². The van der Waals surface area contributed by atoms with Crippen LogP contribution in [0.5, 0.6) is 0 Å². The Hall–Kier alpha value is -0.483. The Kier molecular flexibility index (Phi) is 7.63. The third-order valence-corrected chi connectivity index (χ3v) is 10.4. The molecule has 18 heavy (non-hydrogen) atoms. The molecule has 1 heteroatoms. The summed E-state index contributed by atoms with van der Waals surface area (Å²) in [5.74, 6) is 3.53. The van der Waals surface area contributed by atoms with Crippen LogP contribution in [0.4, 0.5) is 0 Å². The maximum Gasteiger partial charge on any atom is 0.146 e. The fraction of sp³-hybridized carbons (Fsp3) is 0.765. The Labute approximate surface area is 116 Å². The van der Waals surface area contributed by atoms with Crippen molar-refractivity contribution in [3.63, 3.8) is 0 Å². The molecule has 0 atom stereocenters. The lowest BCUT2D eigenvalue weighted by molar-refractivity contribution is 0.838. The molecule has 0 radical (unpaired) electrons. The van der Waals surface area contributed by atoms with E-state index in [4.69, 9.17) is 0 Å². The van der Waals surface area contributed by atoms with Gasteiger partial charge in [0.1, 0.15) is 8.07 Å². The second-order valence-electron chi connectivity index (χ2n) is 6.14. The first-order valence-corrected chi connectivity index (χ1v) is 9.78. The Morgan fingerprint density at radius 1 is 0.944 bits per heavy atom. The van der Waals surface area contributed by atoms with E-state index in [1.807, 2.05) is 0 Å². The van der Waals surface area contributed by atoms with E-state index in [9.17, 15) is 0 Å². The van der Waals surface area contributed by atoms with Crippen LogP contribution in [0.2, 0.25) is 16.6 Å². The van der Waals surface area contributed by atoms with Crippen molar-refractivity contribution in [3.05, 3.63) is 11.6 Å². The molecule has 0 saturated carbocycles. The summed E-state index contributed by atoms with van der Waals surface area (Å²) in [5, 5.41) is 0. The average Bonchev–Trinajstić information content (AvgIpc) is 2.26. The fourth-order valence-corrected chi connectivity index (χ4v) is 8.39. The summed E-state index contributed by atoms with van der Waals surface area (Å²) in [6, 6.07) is 0. The van der Waals surface area contributed by atoms with Gasteiger partial charge in [-0.1, -0.05) is 67.4 Å². The van der Waals surface area contributed by atoms with Crippen LogP contribution in [0.1, 0.15) is 68.2 Å². The van der Waals surface area contributed by atoms with E-state index in [2.05, 4.69) is 72.9 Å². The van der Waals surface area contributed by atoms with Crippen LogP contribution in [0.15, 0.2) is 11.6 Å². The third kappa shape index (κ3) is 4.02. The normalized spacial score (nSPS) is 13.2. The summed E-state index contributed by atoms with van der Waals surface area (Å²) >= 11 is 0. The Bertz CT molecular complexity index is 301. The zero-order valence-electron chi connectivity index (χ0n) is 13.7. The highest BCUT2D eigenvalue weighted by molar-refractivity contribution is 6.90. The molecule has 0 aromatic heterocycles. The highest BCUT2D eigenvalue weighted by Crippen LogP contribution is 2.40. The van der Waals surface area contributed by atoms with Gasteiger partial charge in [0.2, 0.25) is 0 Å². The molecular formula is C17H32Si. The first-order chi connectivity index (χ1) is 8.32. The molecule has 0 amide bonds. The van der Waals surface area contributed by atoms with Crippen molar-refractivity contribution in [2.75, 3.05) is 0 Å². The predicted molar refractivity (Wildman–Crippen MR) is 87.5 cm³/mol. The topological polar surface area (TPSA) is 0 Å². The van der Waals surface area contributed by atoms with Gasteiger partial charge in [-0.15, -0.1) is 5.54 Å². The average molecular weight is 265 g/mol. The van der Waals surface area contributed by atoms with E-state index in [0.717, 1.165) is 29.5 Å². The summed E-state index contributed by atoms with van der Waals surface area (Å²) in [5.41, 5.74) is 7.30. The molecule has 0 spiro atoms. The smallest absolute Gasteiger partial charge is 0.125 e. The molecule has 0 aromatic carbocycles. The lowest BCUT2D eigenvalue weighted by Gasteiger charge is -2.38. The van der Waals surface area contributed by atoms with E-state index < -0.39 is 8.07 Å². The zero-order chi connectivity index (χ0) is 14.3. The minimum atomic E-state index is -1.54. The Balaban J connectivity index is 5.50. The Morgan fingerprint density at radius 2 is 1.39 bits per heavy atom. The molecule has 104 valence electrons.